The van der Waals surface area contributed by atoms with E-state index in [-0.39, 0.29) is 25.5 Å². The van der Waals surface area contributed by atoms with Gasteiger partial charge in [0.2, 0.25) is 0 Å². The molecule has 0 amide bonds. The lowest BCUT2D eigenvalue weighted by Crippen LogP contribution is -2.30. The second-order valence-electron chi connectivity index (χ2n) is 3.34. The first-order chi connectivity index (χ1) is 8.08. The predicted molar refractivity (Wildman–Crippen MR) is 60.6 cm³/mol. The minimum absolute atomic E-state index is 0.0439. The van der Waals surface area contributed by atoms with Gasteiger partial charge in [-0.2, -0.15) is 0 Å². The molecular formula is C10H14N2O5. The molecule has 7 nitrogen and oxygen atoms in total. The first kappa shape index (κ1) is 13.4. The maximum absolute atomic E-state index is 11.4. The summed E-state index contributed by atoms with van der Waals surface area (Å²) in [6.07, 6.45) is 0.560. The molecule has 0 spiro atoms. The lowest BCUT2D eigenvalue weighted by Gasteiger charge is -2.14. The summed E-state index contributed by atoms with van der Waals surface area (Å²) < 4.78 is 6.21. The molecule has 94 valence electrons. The topological polar surface area (TPSA) is 105 Å². The normalized spacial score (nSPS) is 10.8. The lowest BCUT2D eigenvalue weighted by molar-refractivity contribution is -0.00596. The zero-order valence-electron chi connectivity index (χ0n) is 9.13. The number of ether oxygens (including phenoxy) is 1. The quantitative estimate of drug-likeness (QED) is 0.556. The molecule has 3 N–H and O–H groups in total. The van der Waals surface area contributed by atoms with Gasteiger partial charge in [-0.3, -0.25) is 14.3 Å². The Kier molecular flexibility index (Phi) is 4.83. The Morgan fingerprint density at radius 2 is 2.12 bits per heavy atom. The van der Waals surface area contributed by atoms with Gasteiger partial charge in [0.15, 0.2) is 0 Å². The van der Waals surface area contributed by atoms with E-state index in [0.717, 1.165) is 4.57 Å². The van der Waals surface area contributed by atoms with E-state index in [1.807, 2.05) is 0 Å². The zero-order valence-corrected chi connectivity index (χ0v) is 9.13. The molecule has 0 saturated heterocycles. The Balaban J connectivity index is 2.70. The van der Waals surface area contributed by atoms with Crippen LogP contribution in [0.25, 0.3) is 5.70 Å². The third kappa shape index (κ3) is 3.66. The molecule has 7 heteroatoms. The fourth-order valence-corrected chi connectivity index (χ4v) is 1.11. The van der Waals surface area contributed by atoms with Crippen molar-refractivity contribution in [2.24, 2.45) is 0 Å². The van der Waals surface area contributed by atoms with Gasteiger partial charge in [-0.25, -0.2) is 4.79 Å². The number of aliphatic hydroxyl groups is 2. The number of H-pyrrole nitrogens is 1. The van der Waals surface area contributed by atoms with Gasteiger partial charge < -0.3 is 14.9 Å². The van der Waals surface area contributed by atoms with Crippen molar-refractivity contribution in [3.8, 4) is 0 Å². The molecule has 17 heavy (non-hydrogen) atoms. The van der Waals surface area contributed by atoms with E-state index in [4.69, 9.17) is 14.9 Å². The molecule has 0 bridgehead atoms. The Labute approximate surface area is 96.6 Å². The van der Waals surface area contributed by atoms with E-state index in [0.29, 0.717) is 0 Å². The molecule has 0 fully saturated rings. The van der Waals surface area contributed by atoms with Gasteiger partial charge in [0.1, 0.15) is 6.10 Å². The van der Waals surface area contributed by atoms with Crippen LogP contribution in [0.4, 0.5) is 0 Å². The number of aromatic amines is 1. The average Bonchev–Trinajstić information content (AvgIpc) is 2.30. The number of hydrogen-bond donors (Lipinski definition) is 3. The fourth-order valence-electron chi connectivity index (χ4n) is 1.11. The molecule has 0 aliphatic heterocycles. The van der Waals surface area contributed by atoms with Gasteiger partial charge in [0.25, 0.3) is 5.56 Å². The van der Waals surface area contributed by atoms with Gasteiger partial charge in [-0.15, -0.1) is 0 Å². The van der Waals surface area contributed by atoms with Crippen molar-refractivity contribution >= 4 is 5.70 Å². The summed E-state index contributed by atoms with van der Waals surface area (Å²) in [5.41, 5.74) is -0.822. The minimum atomic E-state index is -0.717. The van der Waals surface area contributed by atoms with Gasteiger partial charge >= 0.3 is 5.69 Å². The zero-order chi connectivity index (χ0) is 12.8. The van der Waals surface area contributed by atoms with Crippen molar-refractivity contribution in [1.29, 1.82) is 0 Å². The molecule has 1 heterocycles. The second-order valence-corrected chi connectivity index (χ2v) is 3.34. The summed E-state index contributed by atoms with van der Waals surface area (Å²) in [7, 11) is 0. The smallest absolute Gasteiger partial charge is 0.332 e. The first-order valence-corrected chi connectivity index (χ1v) is 4.92. The van der Waals surface area contributed by atoms with Crippen molar-refractivity contribution < 1.29 is 14.9 Å². The standard InChI is InChI=1S/C10H14N2O5/c1-7(6-17-8(4-13)5-14)12-3-2-9(15)11-10(12)16/h2-3,8,13-14H,1,4-6H2,(H,11,15,16). The number of hydrogen-bond acceptors (Lipinski definition) is 5. The number of nitrogens with zero attached hydrogens (tertiary/aromatic N) is 1. The molecule has 0 saturated carbocycles. The van der Waals surface area contributed by atoms with Crippen LogP contribution in [0.15, 0.2) is 28.4 Å². The third-order valence-corrected chi connectivity index (χ3v) is 2.06. The van der Waals surface area contributed by atoms with Crippen LogP contribution < -0.4 is 11.2 Å². The van der Waals surface area contributed by atoms with E-state index in [1.165, 1.54) is 12.3 Å². The monoisotopic (exact) mass is 242 g/mol. The summed E-state index contributed by atoms with van der Waals surface area (Å²) >= 11 is 0. The van der Waals surface area contributed by atoms with Crippen molar-refractivity contribution in [3.05, 3.63) is 39.7 Å². The van der Waals surface area contributed by atoms with E-state index in [1.54, 1.807) is 0 Å². The van der Waals surface area contributed by atoms with Crippen molar-refractivity contribution in [2.45, 2.75) is 6.10 Å². The maximum Gasteiger partial charge on any atom is 0.332 e. The van der Waals surface area contributed by atoms with Crippen LogP contribution in [0.1, 0.15) is 0 Å². The van der Waals surface area contributed by atoms with E-state index >= 15 is 0 Å². The summed E-state index contributed by atoms with van der Waals surface area (Å²) in [6, 6.07) is 1.18. The van der Waals surface area contributed by atoms with Crippen molar-refractivity contribution in [2.75, 3.05) is 19.8 Å². The maximum atomic E-state index is 11.4. The molecule has 1 aromatic rings. The Bertz CT molecular complexity index is 486. The predicted octanol–water partition coefficient (Wildman–Crippen LogP) is -1.62. The molecule has 1 aromatic heterocycles. The molecule has 0 aliphatic carbocycles. The molecule has 1 rings (SSSR count). The highest BCUT2D eigenvalue weighted by Crippen LogP contribution is 1.99. The number of aromatic nitrogens is 2. The number of nitrogens with one attached hydrogen (secondary N) is 1. The molecule has 0 aromatic carbocycles. The summed E-state index contributed by atoms with van der Waals surface area (Å²) in [6.45, 7) is 2.91. The largest absolute Gasteiger partial charge is 0.394 e. The van der Waals surface area contributed by atoms with Crippen LogP contribution in [-0.2, 0) is 4.74 Å². The molecule has 0 radical (unpaired) electrons. The van der Waals surface area contributed by atoms with Crippen molar-refractivity contribution in [3.63, 3.8) is 0 Å². The lowest BCUT2D eigenvalue weighted by atomic mass is 10.4. The van der Waals surface area contributed by atoms with Gasteiger partial charge in [-0.1, -0.05) is 6.58 Å². The second kappa shape index (κ2) is 6.14. The highest BCUT2D eigenvalue weighted by atomic mass is 16.5. The first-order valence-electron chi connectivity index (χ1n) is 4.92. The van der Waals surface area contributed by atoms with Crippen LogP contribution in [-0.4, -0.2) is 45.7 Å². The number of aliphatic hydroxyl groups excluding tert-OH is 2. The Hall–Kier alpha value is -1.70. The van der Waals surface area contributed by atoms with Crippen LogP contribution in [0, 0.1) is 0 Å². The Morgan fingerprint density at radius 3 is 2.65 bits per heavy atom. The summed E-state index contributed by atoms with van der Waals surface area (Å²) in [4.78, 5) is 24.3. The molecule has 0 aliphatic rings. The third-order valence-electron chi connectivity index (χ3n) is 2.06. The SMILES string of the molecule is C=C(COC(CO)CO)n1ccc(=O)[nH]c1=O. The molecular weight excluding hydrogens is 228 g/mol. The Morgan fingerprint density at radius 1 is 1.47 bits per heavy atom. The van der Waals surface area contributed by atoms with Gasteiger partial charge in [0.05, 0.1) is 19.8 Å². The molecule has 0 atom stereocenters. The fraction of sp³-hybridized carbons (Fsp3) is 0.400. The number of rotatable bonds is 6. The van der Waals surface area contributed by atoms with E-state index in [9.17, 15) is 9.59 Å². The van der Waals surface area contributed by atoms with Crippen LogP contribution >= 0.6 is 0 Å². The van der Waals surface area contributed by atoms with Crippen molar-refractivity contribution in [1.82, 2.24) is 9.55 Å². The van der Waals surface area contributed by atoms with Crippen LogP contribution in [0.5, 0.6) is 0 Å². The molecule has 0 unspecified atom stereocenters. The van der Waals surface area contributed by atoms with Gasteiger partial charge in [0, 0.05) is 18.0 Å². The highest BCUT2D eigenvalue weighted by molar-refractivity contribution is 5.41. The van der Waals surface area contributed by atoms with E-state index < -0.39 is 17.4 Å². The highest BCUT2D eigenvalue weighted by Gasteiger charge is 2.08. The van der Waals surface area contributed by atoms with Gasteiger partial charge in [-0.05, 0) is 0 Å². The summed E-state index contributed by atoms with van der Waals surface area (Å²) in [5, 5.41) is 17.5. The van der Waals surface area contributed by atoms with E-state index in [2.05, 4.69) is 11.6 Å². The minimum Gasteiger partial charge on any atom is -0.394 e. The average molecular weight is 242 g/mol. The van der Waals surface area contributed by atoms with Crippen LogP contribution in [0.3, 0.4) is 0 Å². The van der Waals surface area contributed by atoms with Crippen LogP contribution in [0.2, 0.25) is 0 Å². The summed E-state index contributed by atoms with van der Waals surface area (Å²) in [5.74, 6) is 0.